The molecule has 3 atom stereocenters. The quantitative estimate of drug-likeness (QED) is 0.331. The Labute approximate surface area is 160 Å². The molecule has 0 aromatic carbocycles. The summed E-state index contributed by atoms with van der Waals surface area (Å²) in [6.07, 6.45) is -18.9. The minimum atomic E-state index is -7.87. The first kappa shape index (κ1) is 29.0. The highest BCUT2D eigenvalue weighted by Crippen LogP contribution is 2.59. The zero-order chi connectivity index (χ0) is 24.6. The van der Waals surface area contributed by atoms with Crippen molar-refractivity contribution in [2.45, 2.75) is 75.5 Å². The van der Waals surface area contributed by atoms with Gasteiger partial charge in [-0.3, -0.25) is 4.74 Å². The van der Waals surface area contributed by atoms with Gasteiger partial charge in [-0.2, -0.15) is 52.7 Å². The van der Waals surface area contributed by atoms with Crippen LogP contribution in [0, 0.1) is 0 Å². The molecule has 17 heteroatoms. The molecular formula is C13H16F12O5. The first-order chi connectivity index (χ1) is 13.0. The zero-order valence-electron chi connectivity index (χ0n) is 15.3. The number of alkyl halides is 12. The summed E-state index contributed by atoms with van der Waals surface area (Å²) in [6, 6.07) is 0. The third-order valence-electron chi connectivity index (χ3n) is 3.34. The Morgan fingerprint density at radius 1 is 0.567 bits per heavy atom. The van der Waals surface area contributed by atoms with Crippen LogP contribution >= 0.6 is 0 Å². The monoisotopic (exact) mass is 480 g/mol. The fraction of sp³-hybridized carbons (Fsp3) is 1.00. The first-order valence-electron chi connectivity index (χ1n) is 7.50. The van der Waals surface area contributed by atoms with Crippen molar-refractivity contribution in [2.24, 2.45) is 0 Å². The number of aliphatic hydroxyl groups is 1. The van der Waals surface area contributed by atoms with Crippen molar-refractivity contribution in [2.75, 3.05) is 7.11 Å². The standard InChI is InChI=1S/C13H16F12O5/c1-5(27-4)28-6(2)29-7(3)30-13(24,25)11(20,21)9(16,17)8(14,15)10(18,19)12(22,23)26/h5-7,26H,1-4H3. The predicted molar refractivity (Wildman–Crippen MR) is 70.6 cm³/mol. The van der Waals surface area contributed by atoms with E-state index >= 15 is 0 Å². The van der Waals surface area contributed by atoms with Gasteiger partial charge in [0, 0.05) is 7.11 Å². The molecule has 0 saturated heterocycles. The van der Waals surface area contributed by atoms with E-state index < -0.39 is 54.8 Å². The second-order valence-corrected chi connectivity index (χ2v) is 5.68. The van der Waals surface area contributed by atoms with E-state index in [1.807, 2.05) is 0 Å². The third kappa shape index (κ3) is 5.23. The van der Waals surface area contributed by atoms with E-state index in [0.717, 1.165) is 14.0 Å². The highest BCUT2D eigenvalue weighted by molar-refractivity contribution is 5.08. The summed E-state index contributed by atoms with van der Waals surface area (Å²) >= 11 is 0. The van der Waals surface area contributed by atoms with Gasteiger partial charge in [-0.25, -0.2) is 0 Å². The molecule has 0 aromatic rings. The van der Waals surface area contributed by atoms with E-state index in [9.17, 15) is 52.7 Å². The molecule has 0 rings (SSSR count). The highest BCUT2D eigenvalue weighted by Gasteiger charge is 2.91. The molecule has 0 amide bonds. The van der Waals surface area contributed by atoms with Crippen LogP contribution in [0.25, 0.3) is 0 Å². The Morgan fingerprint density at radius 2 is 0.933 bits per heavy atom. The molecule has 3 unspecified atom stereocenters. The molecule has 0 radical (unpaired) electrons. The molecule has 0 aliphatic carbocycles. The van der Waals surface area contributed by atoms with Gasteiger partial charge < -0.3 is 19.3 Å². The Balaban J connectivity index is 5.75. The van der Waals surface area contributed by atoms with Crippen molar-refractivity contribution in [3.63, 3.8) is 0 Å². The van der Waals surface area contributed by atoms with Gasteiger partial charge in [0.1, 0.15) is 0 Å². The maximum Gasteiger partial charge on any atom is 0.428 e. The number of hydrogen-bond acceptors (Lipinski definition) is 5. The van der Waals surface area contributed by atoms with Crippen LogP contribution in [0.5, 0.6) is 0 Å². The number of halogens is 12. The molecule has 0 spiro atoms. The number of hydrogen-bond donors (Lipinski definition) is 1. The van der Waals surface area contributed by atoms with Crippen molar-refractivity contribution in [1.82, 2.24) is 0 Å². The Kier molecular flexibility index (Phi) is 8.53. The van der Waals surface area contributed by atoms with Crippen LogP contribution < -0.4 is 0 Å². The summed E-state index contributed by atoms with van der Waals surface area (Å²) < 4.78 is 174. The second kappa shape index (κ2) is 8.84. The molecule has 0 saturated carbocycles. The molecule has 182 valence electrons. The summed E-state index contributed by atoms with van der Waals surface area (Å²) in [4.78, 5) is 0. The van der Waals surface area contributed by atoms with Gasteiger partial charge in [-0.1, -0.05) is 0 Å². The van der Waals surface area contributed by atoms with Gasteiger partial charge in [0.15, 0.2) is 18.9 Å². The minimum absolute atomic E-state index is 0.383. The van der Waals surface area contributed by atoms with Crippen LogP contribution in [0.2, 0.25) is 0 Å². The SMILES string of the molecule is COC(C)OC(C)OC(C)OC(F)(F)C(F)(F)C(F)(F)C(F)(F)C(F)(F)C(O)(F)F. The maximum atomic E-state index is 13.5. The van der Waals surface area contributed by atoms with Gasteiger partial charge in [0.2, 0.25) is 0 Å². The first-order valence-corrected chi connectivity index (χ1v) is 7.50. The highest BCUT2D eigenvalue weighted by atomic mass is 19.4. The van der Waals surface area contributed by atoms with Gasteiger partial charge in [0.05, 0.1) is 0 Å². The van der Waals surface area contributed by atoms with E-state index in [0.29, 0.717) is 6.92 Å². The van der Waals surface area contributed by atoms with Crippen LogP contribution in [0.15, 0.2) is 0 Å². The molecule has 0 aliphatic rings. The smallest absolute Gasteiger partial charge is 0.356 e. The van der Waals surface area contributed by atoms with Crippen LogP contribution in [-0.2, 0) is 18.9 Å². The number of rotatable bonds is 12. The molecule has 0 fully saturated rings. The molecule has 0 bridgehead atoms. The van der Waals surface area contributed by atoms with Crippen LogP contribution in [0.1, 0.15) is 20.8 Å². The molecule has 1 N–H and O–H groups in total. The summed E-state index contributed by atoms with van der Waals surface area (Å²) in [5.74, 6) is -30.8. The predicted octanol–water partition coefficient (Wildman–Crippen LogP) is 4.44. The van der Waals surface area contributed by atoms with E-state index in [4.69, 9.17) is 9.84 Å². The van der Waals surface area contributed by atoms with Gasteiger partial charge in [-0.15, -0.1) is 0 Å². The summed E-state index contributed by atoms with van der Waals surface area (Å²) in [6.45, 7) is 2.58. The van der Waals surface area contributed by atoms with Crippen molar-refractivity contribution in [1.29, 1.82) is 0 Å². The summed E-state index contributed by atoms with van der Waals surface area (Å²) in [5.41, 5.74) is 0. The number of ether oxygens (including phenoxy) is 4. The average Bonchev–Trinajstić information content (AvgIpc) is 2.51. The van der Waals surface area contributed by atoms with Crippen LogP contribution in [0.3, 0.4) is 0 Å². The van der Waals surface area contributed by atoms with Gasteiger partial charge in [0.25, 0.3) is 0 Å². The third-order valence-corrected chi connectivity index (χ3v) is 3.34. The van der Waals surface area contributed by atoms with Gasteiger partial charge in [-0.05, 0) is 20.8 Å². The van der Waals surface area contributed by atoms with E-state index in [1.54, 1.807) is 0 Å². The Hall–Kier alpha value is -1.04. The molecule has 0 heterocycles. The minimum Gasteiger partial charge on any atom is -0.356 e. The zero-order valence-corrected chi connectivity index (χ0v) is 15.3. The largest absolute Gasteiger partial charge is 0.428 e. The molecule has 0 aromatic heterocycles. The van der Waals surface area contributed by atoms with Crippen molar-refractivity contribution in [3.05, 3.63) is 0 Å². The fourth-order valence-electron chi connectivity index (χ4n) is 1.70. The van der Waals surface area contributed by atoms with Gasteiger partial charge >= 0.3 is 35.9 Å². The van der Waals surface area contributed by atoms with Crippen LogP contribution in [-0.4, -0.2) is 67.0 Å². The maximum absolute atomic E-state index is 13.5. The van der Waals surface area contributed by atoms with Crippen LogP contribution in [0.4, 0.5) is 52.7 Å². The average molecular weight is 480 g/mol. The molecule has 30 heavy (non-hydrogen) atoms. The second-order valence-electron chi connectivity index (χ2n) is 5.68. The molecule has 0 aliphatic heterocycles. The number of methoxy groups -OCH3 is 1. The normalized spacial score (nSPS) is 18.3. The summed E-state index contributed by atoms with van der Waals surface area (Å²) in [7, 11) is 1.11. The lowest BCUT2D eigenvalue weighted by molar-refractivity contribution is -0.484. The Bertz CT molecular complexity index is 565. The van der Waals surface area contributed by atoms with Crippen molar-refractivity contribution >= 4 is 0 Å². The Morgan fingerprint density at radius 3 is 1.30 bits per heavy atom. The van der Waals surface area contributed by atoms with Crippen molar-refractivity contribution in [3.8, 4) is 0 Å². The van der Waals surface area contributed by atoms with E-state index in [-0.39, 0.29) is 0 Å². The molecular weight excluding hydrogens is 464 g/mol. The van der Waals surface area contributed by atoms with E-state index in [2.05, 4.69) is 14.2 Å². The lowest BCUT2D eigenvalue weighted by atomic mass is 9.97. The lowest BCUT2D eigenvalue weighted by Gasteiger charge is -2.40. The summed E-state index contributed by atoms with van der Waals surface area (Å²) in [5, 5.41) is 7.65. The topological polar surface area (TPSA) is 57.2 Å². The lowest BCUT2D eigenvalue weighted by Crippen LogP contribution is -2.71. The molecule has 5 nitrogen and oxygen atoms in total. The van der Waals surface area contributed by atoms with Crippen molar-refractivity contribution < 1.29 is 76.7 Å². The fourth-order valence-corrected chi connectivity index (χ4v) is 1.70. The van der Waals surface area contributed by atoms with E-state index in [1.165, 1.54) is 6.92 Å².